The molecule has 0 fully saturated rings. The van der Waals surface area contributed by atoms with Gasteiger partial charge < -0.3 is 9.70 Å². The van der Waals surface area contributed by atoms with Gasteiger partial charge in [-0.05, 0) is 64.3 Å². The van der Waals surface area contributed by atoms with Crippen LogP contribution in [0.5, 0.6) is 0 Å². The van der Waals surface area contributed by atoms with Crippen LogP contribution in [0.2, 0.25) is 19.1 Å². The molecule has 0 aliphatic heterocycles. The van der Waals surface area contributed by atoms with Crippen molar-refractivity contribution in [2.24, 2.45) is 0 Å². The number of hydrogen-bond donors (Lipinski definition) is 4. The largest absolute Gasteiger partial charge is 0.432 e. The van der Waals surface area contributed by atoms with E-state index in [0.717, 1.165) is 0 Å². The second kappa shape index (κ2) is 12.0. The Labute approximate surface area is 174 Å². The quantitative estimate of drug-likeness (QED) is 0.171. The molecule has 1 unspecified atom stereocenters. The van der Waals surface area contributed by atoms with Gasteiger partial charge in [-0.15, -0.1) is 0 Å². The summed E-state index contributed by atoms with van der Waals surface area (Å²) in [5.74, 6) is -1.55. The molecule has 0 amide bonds. The zero-order valence-corrected chi connectivity index (χ0v) is 20.2. The van der Waals surface area contributed by atoms with Gasteiger partial charge in [0, 0.05) is 6.04 Å². The minimum Gasteiger partial charge on any atom is -0.432 e. The summed E-state index contributed by atoms with van der Waals surface area (Å²) in [6, 6.07) is 0.0567. The zero-order chi connectivity index (χ0) is 22.9. The van der Waals surface area contributed by atoms with Gasteiger partial charge in [-0.3, -0.25) is 13.7 Å². The Bertz CT molecular complexity index is 790. The summed E-state index contributed by atoms with van der Waals surface area (Å²) < 4.78 is 93.0. The maximum Gasteiger partial charge on any atom is 0.264 e. The van der Waals surface area contributed by atoms with Crippen LogP contribution in [-0.4, -0.2) is 93.3 Å². The van der Waals surface area contributed by atoms with Crippen LogP contribution in [0.3, 0.4) is 0 Å². The van der Waals surface area contributed by atoms with Crippen LogP contribution in [0.1, 0.15) is 32.1 Å². The lowest BCUT2D eigenvalue weighted by molar-refractivity contribution is 0.180. The maximum absolute atomic E-state index is 11.1. The van der Waals surface area contributed by atoms with Gasteiger partial charge in [0.15, 0.2) is 8.32 Å². The Kier molecular flexibility index (Phi) is 12.0. The highest BCUT2D eigenvalue weighted by Crippen LogP contribution is 2.17. The molecule has 0 aromatic carbocycles. The van der Waals surface area contributed by atoms with Crippen molar-refractivity contribution in [3.63, 3.8) is 0 Å². The van der Waals surface area contributed by atoms with E-state index in [1.54, 1.807) is 18.0 Å². The number of hydrogen-bond acceptors (Lipinski definition) is 8. The normalized spacial score (nSPS) is 15.0. The maximum atomic E-state index is 11.1. The Balaban J connectivity index is 5.25. The highest BCUT2D eigenvalue weighted by Gasteiger charge is 2.23. The fraction of sp³-hybridized carbons (Fsp3) is 1.00. The van der Waals surface area contributed by atoms with Gasteiger partial charge in [0.05, 0.1) is 17.3 Å². The molecule has 0 radical (unpaired) electrons. The molecule has 0 spiro atoms. The molecule has 0 saturated heterocycles. The second-order valence-corrected chi connectivity index (χ2v) is 16.6. The van der Waals surface area contributed by atoms with E-state index in [1.807, 2.05) is 0 Å². The lowest BCUT2D eigenvalue weighted by atomic mass is 10.1. The molecule has 11 nitrogen and oxygen atoms in total. The fourth-order valence-corrected chi connectivity index (χ4v) is 5.56. The van der Waals surface area contributed by atoms with Crippen molar-refractivity contribution < 1.29 is 43.7 Å². The third-order valence-corrected chi connectivity index (χ3v) is 8.18. The first kappa shape index (κ1) is 28.9. The molecule has 0 aromatic rings. The monoisotopic (exact) mass is 499 g/mol. The van der Waals surface area contributed by atoms with Crippen LogP contribution in [-0.2, 0) is 30.4 Å². The molecule has 1 atom stereocenters. The van der Waals surface area contributed by atoms with Gasteiger partial charge in [0.25, 0.3) is 30.4 Å². The summed E-state index contributed by atoms with van der Waals surface area (Å²) in [6.45, 7) is 4.11. The molecule has 4 N–H and O–H groups in total. The predicted octanol–water partition coefficient (Wildman–Crippen LogP) is 0.468. The van der Waals surface area contributed by atoms with E-state index in [9.17, 15) is 30.0 Å². The van der Waals surface area contributed by atoms with Gasteiger partial charge in [0.1, 0.15) is 0 Å². The van der Waals surface area contributed by atoms with Crippen LogP contribution in [0, 0.1) is 0 Å². The minimum absolute atomic E-state index is 0.0177. The zero-order valence-electron chi connectivity index (χ0n) is 16.8. The first-order chi connectivity index (χ1) is 12.9. The highest BCUT2D eigenvalue weighted by atomic mass is 32.2. The van der Waals surface area contributed by atoms with E-state index < -0.39 is 62.0 Å². The van der Waals surface area contributed by atoms with E-state index in [-0.39, 0.29) is 32.2 Å². The van der Waals surface area contributed by atoms with E-state index in [1.165, 1.54) is 0 Å². The minimum atomic E-state index is -4.26. The standard InChI is InChI=1S/C14H33NO10S3Si/c1-29(2,25)13-5-9-15(8-4-11-27(19,20)21)14(7-12-28(22,23)24)6-3-10-26(16,17)18/h14,25H,3-13H2,1-2H3,(H,16,17,18)(H,19,20,21)(H,22,23,24). The Morgan fingerprint density at radius 3 is 1.62 bits per heavy atom. The molecule has 29 heavy (non-hydrogen) atoms. The summed E-state index contributed by atoms with van der Waals surface area (Å²) in [5, 5.41) is 0. The average Bonchev–Trinajstić information content (AvgIpc) is 2.44. The van der Waals surface area contributed by atoms with Gasteiger partial charge >= 0.3 is 0 Å². The lowest BCUT2D eigenvalue weighted by Gasteiger charge is -2.32. The van der Waals surface area contributed by atoms with Crippen molar-refractivity contribution in [2.75, 3.05) is 30.3 Å². The average molecular weight is 500 g/mol. The molecular formula is C14H33NO10S3Si. The van der Waals surface area contributed by atoms with Crippen molar-refractivity contribution in [3.8, 4) is 0 Å². The first-order valence-electron chi connectivity index (χ1n) is 9.20. The SMILES string of the molecule is C[Si](C)(O)CCCN(CCCS(=O)(=O)O)C(CCCS(=O)(=O)O)CCS(=O)(=O)O. The van der Waals surface area contributed by atoms with Gasteiger partial charge in [-0.25, -0.2) is 0 Å². The van der Waals surface area contributed by atoms with Crippen molar-refractivity contribution in [1.29, 1.82) is 0 Å². The van der Waals surface area contributed by atoms with E-state index >= 15 is 0 Å². The van der Waals surface area contributed by atoms with Gasteiger partial charge in [-0.1, -0.05) is 0 Å². The lowest BCUT2D eigenvalue weighted by Crippen LogP contribution is -2.40. The van der Waals surface area contributed by atoms with Crippen molar-refractivity contribution in [3.05, 3.63) is 0 Å². The Hall–Kier alpha value is -0.133. The van der Waals surface area contributed by atoms with Crippen LogP contribution < -0.4 is 0 Å². The third kappa shape index (κ3) is 19.6. The molecule has 0 aliphatic carbocycles. The van der Waals surface area contributed by atoms with Crippen LogP contribution in [0.4, 0.5) is 0 Å². The van der Waals surface area contributed by atoms with Crippen molar-refractivity contribution >= 4 is 38.7 Å². The molecule has 176 valence electrons. The topological polar surface area (TPSA) is 187 Å². The predicted molar refractivity (Wildman–Crippen MR) is 112 cm³/mol. The van der Waals surface area contributed by atoms with Crippen molar-refractivity contribution in [1.82, 2.24) is 4.90 Å². The van der Waals surface area contributed by atoms with Crippen LogP contribution >= 0.6 is 0 Å². The fourth-order valence-electron chi connectivity index (χ4n) is 2.94. The van der Waals surface area contributed by atoms with E-state index in [4.69, 9.17) is 13.7 Å². The summed E-state index contributed by atoms with van der Waals surface area (Å²) in [5.41, 5.74) is 0. The molecule has 0 bridgehead atoms. The summed E-state index contributed by atoms with van der Waals surface area (Å²) >= 11 is 0. The molecule has 0 aliphatic rings. The second-order valence-electron chi connectivity index (χ2n) is 7.75. The summed E-state index contributed by atoms with van der Waals surface area (Å²) in [6.07, 6.45) is 0.850. The smallest absolute Gasteiger partial charge is 0.264 e. The van der Waals surface area contributed by atoms with Gasteiger partial charge in [-0.2, -0.15) is 25.3 Å². The summed E-state index contributed by atoms with van der Waals surface area (Å²) in [7, 11) is -14.9. The van der Waals surface area contributed by atoms with Crippen LogP contribution in [0.15, 0.2) is 0 Å². The molecular weight excluding hydrogens is 466 g/mol. The highest BCUT2D eigenvalue weighted by molar-refractivity contribution is 7.86. The molecule has 0 heterocycles. The Morgan fingerprint density at radius 1 is 0.724 bits per heavy atom. The van der Waals surface area contributed by atoms with E-state index in [2.05, 4.69) is 0 Å². The van der Waals surface area contributed by atoms with Gasteiger partial charge in [0.2, 0.25) is 0 Å². The summed E-state index contributed by atoms with van der Waals surface area (Å²) in [4.78, 5) is 11.8. The van der Waals surface area contributed by atoms with E-state index in [0.29, 0.717) is 19.0 Å². The molecule has 15 heteroatoms. The number of rotatable bonds is 16. The first-order valence-corrected chi connectivity index (χ1v) is 17.2. The molecule has 0 rings (SSSR count). The molecule has 0 saturated carbocycles. The van der Waals surface area contributed by atoms with Crippen LogP contribution in [0.25, 0.3) is 0 Å². The number of nitrogens with zero attached hydrogens (tertiary/aromatic N) is 1. The molecule has 0 aromatic heterocycles. The third-order valence-electron chi connectivity index (χ3n) is 4.25. The van der Waals surface area contributed by atoms with Crippen molar-refractivity contribution in [2.45, 2.75) is 57.3 Å². The Morgan fingerprint density at radius 2 is 1.17 bits per heavy atom.